The van der Waals surface area contributed by atoms with Crippen molar-refractivity contribution in [2.24, 2.45) is 0 Å². The predicted octanol–water partition coefficient (Wildman–Crippen LogP) is 5.62. The number of ether oxygens (including phenoxy) is 2. The van der Waals surface area contributed by atoms with Gasteiger partial charge in [-0.25, -0.2) is 4.39 Å². The number of imide groups is 1. The zero-order valence-electron chi connectivity index (χ0n) is 15.9. The number of nitrogens with zero attached hydrogens (tertiary/aromatic N) is 1. The number of thioether (sulfide) groups is 1. The fourth-order valence-corrected chi connectivity index (χ4v) is 4.24. The zero-order valence-corrected chi connectivity index (χ0v) is 18.3. The SMILES string of the molecule is CCOc1cc(C=C2SC(=O)N(CC)C2=O)cc(Br)c1OCc1ccccc1F. The van der Waals surface area contributed by atoms with Gasteiger partial charge in [-0.05, 0) is 71.4 Å². The van der Waals surface area contributed by atoms with E-state index < -0.39 is 0 Å². The number of halogens is 2. The van der Waals surface area contributed by atoms with Gasteiger partial charge in [0.25, 0.3) is 11.1 Å². The molecule has 0 bridgehead atoms. The molecule has 1 fully saturated rings. The Morgan fingerprint density at radius 1 is 1.17 bits per heavy atom. The molecule has 2 aromatic carbocycles. The van der Waals surface area contributed by atoms with Crippen LogP contribution in [0.1, 0.15) is 25.0 Å². The molecule has 0 radical (unpaired) electrons. The average Bonchev–Trinajstić information content (AvgIpc) is 2.95. The first kappa shape index (κ1) is 21.4. The van der Waals surface area contributed by atoms with Gasteiger partial charge in [0.1, 0.15) is 12.4 Å². The molecular weight excluding hydrogens is 461 g/mol. The van der Waals surface area contributed by atoms with E-state index in [1.807, 2.05) is 6.92 Å². The molecule has 0 unspecified atom stereocenters. The molecule has 5 nitrogen and oxygen atoms in total. The summed E-state index contributed by atoms with van der Waals surface area (Å²) in [5.74, 6) is 0.245. The van der Waals surface area contributed by atoms with Gasteiger partial charge in [-0.1, -0.05) is 18.2 Å². The Morgan fingerprint density at radius 2 is 1.93 bits per heavy atom. The summed E-state index contributed by atoms with van der Waals surface area (Å²) in [5, 5.41) is -0.280. The van der Waals surface area contributed by atoms with Gasteiger partial charge in [0.2, 0.25) is 0 Å². The lowest BCUT2D eigenvalue weighted by Gasteiger charge is -2.15. The van der Waals surface area contributed by atoms with E-state index >= 15 is 0 Å². The van der Waals surface area contributed by atoms with E-state index in [4.69, 9.17) is 9.47 Å². The first-order valence-corrected chi connectivity index (χ1v) is 10.6. The number of rotatable bonds is 7. The normalized spacial score (nSPS) is 15.3. The number of benzene rings is 2. The average molecular weight is 480 g/mol. The van der Waals surface area contributed by atoms with Crippen molar-refractivity contribution in [3.63, 3.8) is 0 Å². The molecule has 1 aliphatic heterocycles. The molecule has 2 aromatic rings. The van der Waals surface area contributed by atoms with Crippen LogP contribution in [-0.2, 0) is 11.4 Å². The minimum atomic E-state index is -0.343. The maximum Gasteiger partial charge on any atom is 0.293 e. The van der Waals surface area contributed by atoms with Gasteiger partial charge in [0.15, 0.2) is 11.5 Å². The third-order valence-electron chi connectivity index (χ3n) is 4.15. The Balaban J connectivity index is 1.89. The number of carbonyl (C=O) groups is 2. The minimum absolute atomic E-state index is 0.0417. The van der Waals surface area contributed by atoms with E-state index in [0.717, 1.165) is 11.8 Å². The van der Waals surface area contributed by atoms with Gasteiger partial charge < -0.3 is 9.47 Å². The quantitative estimate of drug-likeness (QED) is 0.482. The summed E-state index contributed by atoms with van der Waals surface area (Å²) in [6.45, 7) is 4.37. The molecule has 1 aliphatic rings. The van der Waals surface area contributed by atoms with Gasteiger partial charge in [-0.3, -0.25) is 14.5 Å². The summed E-state index contributed by atoms with van der Waals surface area (Å²) >= 11 is 4.37. The molecule has 0 spiro atoms. The largest absolute Gasteiger partial charge is 0.490 e. The van der Waals surface area contributed by atoms with E-state index in [9.17, 15) is 14.0 Å². The second kappa shape index (κ2) is 9.45. The number of likely N-dealkylation sites (N-methyl/N-ethyl adjacent to an activating group) is 1. The Morgan fingerprint density at radius 3 is 2.59 bits per heavy atom. The molecule has 0 atom stereocenters. The molecule has 2 amide bonds. The lowest BCUT2D eigenvalue weighted by molar-refractivity contribution is -0.122. The second-order valence-electron chi connectivity index (χ2n) is 6.07. The number of hydrogen-bond donors (Lipinski definition) is 0. The summed E-state index contributed by atoms with van der Waals surface area (Å²) in [7, 11) is 0. The smallest absolute Gasteiger partial charge is 0.293 e. The van der Waals surface area contributed by atoms with Crippen LogP contribution >= 0.6 is 27.7 Å². The standard InChI is InChI=1S/C21H19BrFNO4S/c1-3-24-20(25)18(29-21(24)26)11-13-9-15(22)19(17(10-13)27-4-2)28-12-14-7-5-6-8-16(14)23/h5-11H,3-4,12H2,1-2H3. The van der Waals surface area contributed by atoms with Gasteiger partial charge in [0.05, 0.1) is 16.0 Å². The van der Waals surface area contributed by atoms with E-state index in [-0.39, 0.29) is 23.6 Å². The lowest BCUT2D eigenvalue weighted by Crippen LogP contribution is -2.27. The topological polar surface area (TPSA) is 55.8 Å². The molecule has 8 heteroatoms. The minimum Gasteiger partial charge on any atom is -0.490 e. The second-order valence-corrected chi connectivity index (χ2v) is 7.92. The van der Waals surface area contributed by atoms with Crippen LogP contribution in [0.15, 0.2) is 45.8 Å². The first-order valence-electron chi connectivity index (χ1n) is 9.02. The number of carbonyl (C=O) groups excluding carboxylic acids is 2. The van der Waals surface area contributed by atoms with Crippen molar-refractivity contribution in [3.05, 3.63) is 62.7 Å². The van der Waals surface area contributed by atoms with E-state index in [2.05, 4.69) is 15.9 Å². The van der Waals surface area contributed by atoms with Gasteiger partial charge in [0, 0.05) is 12.1 Å². The first-order chi connectivity index (χ1) is 13.9. The van der Waals surface area contributed by atoms with Crippen molar-refractivity contribution < 1.29 is 23.5 Å². The maximum absolute atomic E-state index is 13.9. The van der Waals surface area contributed by atoms with Crippen molar-refractivity contribution in [1.29, 1.82) is 0 Å². The van der Waals surface area contributed by atoms with Crippen LogP contribution in [-0.4, -0.2) is 29.2 Å². The molecule has 0 N–H and O–H groups in total. The van der Waals surface area contributed by atoms with Crippen LogP contribution in [0.3, 0.4) is 0 Å². The summed E-state index contributed by atoms with van der Waals surface area (Å²) in [5.41, 5.74) is 1.11. The van der Waals surface area contributed by atoms with Crippen LogP contribution in [0.25, 0.3) is 6.08 Å². The van der Waals surface area contributed by atoms with Crippen molar-refractivity contribution in [2.75, 3.05) is 13.2 Å². The van der Waals surface area contributed by atoms with E-state index in [1.54, 1.807) is 43.3 Å². The molecule has 0 aromatic heterocycles. The van der Waals surface area contributed by atoms with Crippen molar-refractivity contribution >= 4 is 44.9 Å². The lowest BCUT2D eigenvalue weighted by atomic mass is 10.1. The predicted molar refractivity (Wildman–Crippen MR) is 114 cm³/mol. The van der Waals surface area contributed by atoms with Crippen molar-refractivity contribution in [2.45, 2.75) is 20.5 Å². The van der Waals surface area contributed by atoms with Gasteiger partial charge in [-0.2, -0.15) is 0 Å². The van der Waals surface area contributed by atoms with Crippen molar-refractivity contribution in [1.82, 2.24) is 4.90 Å². The zero-order chi connectivity index (χ0) is 21.0. The molecular formula is C21H19BrFNO4S. The Bertz CT molecular complexity index is 979. The van der Waals surface area contributed by atoms with Crippen LogP contribution < -0.4 is 9.47 Å². The van der Waals surface area contributed by atoms with Crippen LogP contribution in [0.4, 0.5) is 9.18 Å². The van der Waals surface area contributed by atoms with Crippen molar-refractivity contribution in [3.8, 4) is 11.5 Å². The van der Waals surface area contributed by atoms with Crippen LogP contribution in [0, 0.1) is 5.82 Å². The summed E-state index contributed by atoms with van der Waals surface area (Å²) in [6.07, 6.45) is 1.65. The summed E-state index contributed by atoms with van der Waals surface area (Å²) in [6, 6.07) is 9.89. The van der Waals surface area contributed by atoms with Gasteiger partial charge >= 0.3 is 0 Å². The Hall–Kier alpha value is -2.32. The Labute approximate surface area is 181 Å². The third-order valence-corrected chi connectivity index (χ3v) is 5.65. The highest BCUT2D eigenvalue weighted by atomic mass is 79.9. The number of hydrogen-bond acceptors (Lipinski definition) is 5. The summed E-state index contributed by atoms with van der Waals surface area (Å²) in [4.78, 5) is 25.8. The highest BCUT2D eigenvalue weighted by molar-refractivity contribution is 9.10. The highest BCUT2D eigenvalue weighted by Crippen LogP contribution is 2.39. The summed E-state index contributed by atoms with van der Waals surface area (Å²) < 4.78 is 26.0. The molecule has 0 aliphatic carbocycles. The monoisotopic (exact) mass is 479 g/mol. The number of amides is 2. The maximum atomic E-state index is 13.9. The molecule has 1 saturated heterocycles. The van der Waals surface area contributed by atoms with E-state index in [1.165, 1.54) is 11.0 Å². The van der Waals surface area contributed by atoms with Crippen LogP contribution in [0.5, 0.6) is 11.5 Å². The fourth-order valence-electron chi connectivity index (χ4n) is 2.76. The fraction of sp³-hybridized carbons (Fsp3) is 0.238. The van der Waals surface area contributed by atoms with Gasteiger partial charge in [-0.15, -0.1) is 0 Å². The molecule has 3 rings (SSSR count). The molecule has 1 heterocycles. The highest BCUT2D eigenvalue weighted by Gasteiger charge is 2.33. The third kappa shape index (κ3) is 4.82. The Kier molecular flexibility index (Phi) is 6.97. The molecule has 152 valence electrons. The molecule has 0 saturated carbocycles. The molecule has 29 heavy (non-hydrogen) atoms. The van der Waals surface area contributed by atoms with E-state index in [0.29, 0.717) is 45.2 Å². The van der Waals surface area contributed by atoms with Crippen LogP contribution in [0.2, 0.25) is 0 Å².